The molecule has 3 rings (SSSR count). The topological polar surface area (TPSA) is 52.0 Å². The smallest absolute Gasteiger partial charge is 0.255 e. The molecule has 0 atom stereocenters. The van der Waals surface area contributed by atoms with Crippen LogP contribution in [-0.2, 0) is 10.0 Å². The third-order valence-electron chi connectivity index (χ3n) is 3.24. The molecule has 0 radical (unpaired) electrons. The molecule has 20 heavy (non-hydrogen) atoms. The molecule has 0 saturated heterocycles. The van der Waals surface area contributed by atoms with Gasteiger partial charge in [0.25, 0.3) is 10.0 Å². The van der Waals surface area contributed by atoms with Crippen LogP contribution in [0.25, 0.3) is 10.9 Å². The van der Waals surface area contributed by atoms with Crippen molar-refractivity contribution in [2.24, 2.45) is 0 Å². The monoisotopic (exact) mass is 286 g/mol. The number of hydrogen-bond acceptors (Lipinski definition) is 3. The lowest BCUT2D eigenvalue weighted by atomic mass is 10.2. The lowest BCUT2D eigenvalue weighted by molar-refractivity contribution is 0.587. The third-order valence-corrected chi connectivity index (χ3v) is 5.03. The average Bonchev–Trinajstić information content (AvgIpc) is 2.78. The van der Waals surface area contributed by atoms with Crippen LogP contribution >= 0.6 is 0 Å². The quantitative estimate of drug-likeness (QED) is 0.728. The van der Waals surface area contributed by atoms with Crippen LogP contribution in [0.3, 0.4) is 0 Å². The molecule has 0 spiro atoms. The van der Waals surface area contributed by atoms with E-state index in [0.717, 1.165) is 10.9 Å². The molecule has 2 aromatic heterocycles. The Morgan fingerprint density at radius 3 is 2.55 bits per heavy atom. The number of aromatic nitrogens is 2. The molecule has 0 saturated carbocycles. The second-order valence-electron chi connectivity index (χ2n) is 4.79. The van der Waals surface area contributed by atoms with Gasteiger partial charge in [-0.3, -0.25) is 4.98 Å². The highest BCUT2D eigenvalue weighted by Gasteiger charge is 2.21. The summed E-state index contributed by atoms with van der Waals surface area (Å²) in [5.41, 5.74) is 2.11. The van der Waals surface area contributed by atoms with E-state index in [2.05, 4.69) is 4.98 Å². The van der Waals surface area contributed by atoms with Crippen molar-refractivity contribution in [2.75, 3.05) is 0 Å². The van der Waals surface area contributed by atoms with Crippen molar-refractivity contribution in [3.63, 3.8) is 0 Å². The second kappa shape index (κ2) is 4.45. The van der Waals surface area contributed by atoms with Gasteiger partial charge in [0.2, 0.25) is 0 Å². The summed E-state index contributed by atoms with van der Waals surface area (Å²) in [4.78, 5) is 4.45. The molecule has 1 aromatic carbocycles. The molecule has 0 amide bonds. The zero-order valence-electron chi connectivity index (χ0n) is 11.2. The van der Waals surface area contributed by atoms with Crippen molar-refractivity contribution >= 4 is 20.9 Å². The fraction of sp³-hybridized carbons (Fsp3) is 0.133. The molecular weight excluding hydrogens is 272 g/mol. The normalized spacial score (nSPS) is 11.9. The number of fused-ring (bicyclic) bond motifs is 1. The summed E-state index contributed by atoms with van der Waals surface area (Å²) in [5, 5.41) is 0.815. The molecule has 0 aliphatic carbocycles. The summed E-state index contributed by atoms with van der Waals surface area (Å²) in [7, 11) is -3.62. The highest BCUT2D eigenvalue weighted by Crippen LogP contribution is 2.24. The van der Waals surface area contributed by atoms with E-state index in [-0.39, 0.29) is 4.90 Å². The number of pyridine rings is 1. The van der Waals surface area contributed by atoms with Crippen LogP contribution in [0.15, 0.2) is 53.7 Å². The second-order valence-corrected chi connectivity index (χ2v) is 6.57. The SMILES string of the molecule is Cc1cc(C)n(S(=O)(=O)c2cccc3cccnc23)c1. The van der Waals surface area contributed by atoms with Crippen LogP contribution in [-0.4, -0.2) is 17.4 Å². The van der Waals surface area contributed by atoms with Crippen LogP contribution in [0, 0.1) is 13.8 Å². The van der Waals surface area contributed by atoms with Crippen molar-refractivity contribution in [2.45, 2.75) is 18.7 Å². The van der Waals surface area contributed by atoms with Gasteiger partial charge in [-0.05, 0) is 37.6 Å². The summed E-state index contributed by atoms with van der Waals surface area (Å²) in [6.45, 7) is 3.66. The molecule has 3 aromatic rings. The Labute approximate surface area is 117 Å². The van der Waals surface area contributed by atoms with Crippen molar-refractivity contribution < 1.29 is 8.42 Å². The van der Waals surface area contributed by atoms with Crippen LogP contribution in [0.5, 0.6) is 0 Å². The van der Waals surface area contributed by atoms with Gasteiger partial charge in [-0.2, -0.15) is 0 Å². The minimum atomic E-state index is -3.62. The van der Waals surface area contributed by atoms with E-state index < -0.39 is 10.0 Å². The van der Waals surface area contributed by atoms with Crippen molar-refractivity contribution in [1.82, 2.24) is 8.96 Å². The molecule has 0 aliphatic rings. The molecule has 0 bridgehead atoms. The fourth-order valence-electron chi connectivity index (χ4n) is 2.37. The predicted molar refractivity (Wildman–Crippen MR) is 78.2 cm³/mol. The molecule has 0 fully saturated rings. The van der Waals surface area contributed by atoms with E-state index in [1.165, 1.54) is 3.97 Å². The first kappa shape index (κ1) is 12.9. The minimum Gasteiger partial charge on any atom is -0.255 e. The summed E-state index contributed by atoms with van der Waals surface area (Å²) < 4.78 is 26.9. The van der Waals surface area contributed by atoms with Gasteiger partial charge in [0.1, 0.15) is 4.90 Å². The zero-order chi connectivity index (χ0) is 14.3. The Bertz CT molecular complexity index is 890. The number of para-hydroxylation sites is 1. The van der Waals surface area contributed by atoms with Crippen molar-refractivity contribution in [3.05, 3.63) is 60.0 Å². The predicted octanol–water partition coefficient (Wildman–Crippen LogP) is 2.89. The molecule has 0 unspecified atom stereocenters. The molecule has 5 heteroatoms. The first-order chi connectivity index (χ1) is 9.50. The van der Waals surface area contributed by atoms with Crippen molar-refractivity contribution in [1.29, 1.82) is 0 Å². The summed E-state index contributed by atoms with van der Waals surface area (Å²) in [6, 6.07) is 10.7. The van der Waals surface area contributed by atoms with E-state index in [0.29, 0.717) is 11.2 Å². The van der Waals surface area contributed by atoms with Gasteiger partial charge in [0, 0.05) is 23.5 Å². The van der Waals surface area contributed by atoms with Crippen LogP contribution in [0.1, 0.15) is 11.3 Å². The molecule has 2 heterocycles. The fourth-order valence-corrected chi connectivity index (χ4v) is 3.98. The van der Waals surface area contributed by atoms with E-state index in [1.807, 2.05) is 25.1 Å². The van der Waals surface area contributed by atoms with Gasteiger partial charge in [-0.25, -0.2) is 12.4 Å². The number of aryl methyl sites for hydroxylation is 2. The van der Waals surface area contributed by atoms with Gasteiger partial charge < -0.3 is 0 Å². The van der Waals surface area contributed by atoms with Gasteiger partial charge >= 0.3 is 0 Å². The first-order valence-electron chi connectivity index (χ1n) is 6.25. The average molecular weight is 286 g/mol. The highest BCUT2D eigenvalue weighted by molar-refractivity contribution is 7.90. The van der Waals surface area contributed by atoms with Gasteiger partial charge in [0.05, 0.1) is 5.52 Å². The van der Waals surface area contributed by atoms with E-state index in [9.17, 15) is 8.42 Å². The van der Waals surface area contributed by atoms with Gasteiger partial charge in [-0.1, -0.05) is 18.2 Å². The minimum absolute atomic E-state index is 0.231. The van der Waals surface area contributed by atoms with Crippen molar-refractivity contribution in [3.8, 4) is 0 Å². The summed E-state index contributed by atoms with van der Waals surface area (Å²) >= 11 is 0. The number of hydrogen-bond donors (Lipinski definition) is 0. The number of rotatable bonds is 2. The largest absolute Gasteiger partial charge is 0.270 e. The molecule has 0 N–H and O–H groups in total. The molecule has 102 valence electrons. The van der Waals surface area contributed by atoms with Gasteiger partial charge in [0.15, 0.2) is 0 Å². The van der Waals surface area contributed by atoms with Crippen LogP contribution < -0.4 is 0 Å². The first-order valence-corrected chi connectivity index (χ1v) is 7.69. The Morgan fingerprint density at radius 1 is 1.10 bits per heavy atom. The van der Waals surface area contributed by atoms with Crippen LogP contribution in [0.4, 0.5) is 0 Å². The maximum absolute atomic E-state index is 12.8. The van der Waals surface area contributed by atoms with E-state index >= 15 is 0 Å². The van der Waals surface area contributed by atoms with E-state index in [4.69, 9.17) is 0 Å². The maximum Gasteiger partial charge on any atom is 0.270 e. The third kappa shape index (κ3) is 1.91. The standard InChI is InChI=1S/C15H14N2O2S/c1-11-9-12(2)17(10-11)20(18,19)14-7-3-5-13-6-4-8-16-15(13)14/h3-10H,1-2H3. The molecule has 0 aliphatic heterocycles. The van der Waals surface area contributed by atoms with Crippen LogP contribution in [0.2, 0.25) is 0 Å². The maximum atomic E-state index is 12.8. The highest BCUT2D eigenvalue weighted by atomic mass is 32.2. The Balaban J connectivity index is 2.32. The lowest BCUT2D eigenvalue weighted by Crippen LogP contribution is -2.14. The molecular formula is C15H14N2O2S. The number of benzene rings is 1. The lowest BCUT2D eigenvalue weighted by Gasteiger charge is -2.10. The Kier molecular flexibility index (Phi) is 2.87. The van der Waals surface area contributed by atoms with Gasteiger partial charge in [-0.15, -0.1) is 0 Å². The number of nitrogens with zero attached hydrogens (tertiary/aromatic N) is 2. The Morgan fingerprint density at radius 2 is 1.85 bits per heavy atom. The Hall–Kier alpha value is -2.14. The summed E-state index contributed by atoms with van der Waals surface area (Å²) in [5.74, 6) is 0. The van der Waals surface area contributed by atoms with E-state index in [1.54, 1.807) is 37.5 Å². The molecule has 4 nitrogen and oxygen atoms in total. The summed E-state index contributed by atoms with van der Waals surface area (Å²) in [6.07, 6.45) is 3.24. The zero-order valence-corrected chi connectivity index (χ0v) is 12.1.